The van der Waals surface area contributed by atoms with Crippen molar-refractivity contribution < 1.29 is 18.3 Å². The molecule has 0 spiro atoms. The molecule has 0 aliphatic rings. The number of nitrogen functional groups attached to an aromatic ring is 1. The van der Waals surface area contributed by atoms with Crippen molar-refractivity contribution in [2.24, 2.45) is 5.92 Å². The maximum absolute atomic E-state index is 13.0. The van der Waals surface area contributed by atoms with Gasteiger partial charge in [0.1, 0.15) is 17.7 Å². The number of nitrogens with zero attached hydrogens (tertiary/aromatic N) is 3. The van der Waals surface area contributed by atoms with Crippen molar-refractivity contribution in [1.29, 1.82) is 0 Å². The van der Waals surface area contributed by atoms with E-state index in [-0.39, 0.29) is 11.5 Å². The first-order valence-electron chi connectivity index (χ1n) is 7.84. The fraction of sp³-hybridized carbons (Fsp3) is 0.412. The fourth-order valence-electron chi connectivity index (χ4n) is 2.36. The lowest BCUT2D eigenvalue weighted by Crippen LogP contribution is -2.13. The summed E-state index contributed by atoms with van der Waals surface area (Å²) in [6.45, 7) is 7.84. The van der Waals surface area contributed by atoms with Crippen molar-refractivity contribution in [2.75, 3.05) is 5.73 Å². The molecule has 5 nitrogen and oxygen atoms in total. The number of aliphatic hydroxyl groups is 1. The van der Waals surface area contributed by atoms with E-state index in [1.807, 2.05) is 13.8 Å². The number of anilines is 1. The van der Waals surface area contributed by atoms with Gasteiger partial charge in [0, 0.05) is 24.5 Å². The minimum Gasteiger partial charge on any atom is -0.385 e. The van der Waals surface area contributed by atoms with Crippen molar-refractivity contribution in [3.8, 4) is 11.3 Å². The lowest BCUT2D eigenvalue weighted by Gasteiger charge is -2.15. The van der Waals surface area contributed by atoms with Crippen LogP contribution in [0.25, 0.3) is 11.3 Å². The highest BCUT2D eigenvalue weighted by Gasteiger charge is 2.34. The highest BCUT2D eigenvalue weighted by Crippen LogP contribution is 2.35. The van der Waals surface area contributed by atoms with E-state index in [0.29, 0.717) is 24.5 Å². The molecule has 0 aromatic carbocycles. The number of hydrogen-bond acceptors (Lipinski definition) is 4. The summed E-state index contributed by atoms with van der Waals surface area (Å²) < 4.78 is 40.8. The van der Waals surface area contributed by atoms with Crippen LogP contribution in [0.4, 0.5) is 19.0 Å². The van der Waals surface area contributed by atoms with Crippen LogP contribution in [-0.2, 0) is 12.7 Å². The van der Waals surface area contributed by atoms with Gasteiger partial charge in [-0.25, -0.2) is 9.97 Å². The molecule has 0 saturated heterocycles. The topological polar surface area (TPSA) is 77.0 Å². The number of allylic oxidation sites excluding steroid dienone is 1. The second-order valence-electron chi connectivity index (χ2n) is 6.10. The average Bonchev–Trinajstić information content (AvgIpc) is 2.95. The van der Waals surface area contributed by atoms with Gasteiger partial charge < -0.3 is 15.4 Å². The third kappa shape index (κ3) is 4.19. The van der Waals surface area contributed by atoms with E-state index in [9.17, 15) is 18.3 Å². The van der Waals surface area contributed by atoms with Gasteiger partial charge in [0.15, 0.2) is 0 Å². The van der Waals surface area contributed by atoms with Crippen molar-refractivity contribution in [3.05, 3.63) is 42.5 Å². The molecule has 1 unspecified atom stereocenters. The monoisotopic (exact) mass is 354 g/mol. The maximum atomic E-state index is 13.0. The summed E-state index contributed by atoms with van der Waals surface area (Å²) in [6.07, 6.45) is -0.214. The second kappa shape index (κ2) is 7.26. The van der Waals surface area contributed by atoms with Crippen LogP contribution in [-0.4, -0.2) is 19.6 Å². The molecule has 0 radical (unpaired) electrons. The Morgan fingerprint density at radius 2 is 2.08 bits per heavy atom. The van der Waals surface area contributed by atoms with E-state index in [4.69, 9.17) is 5.73 Å². The zero-order chi connectivity index (χ0) is 18.8. The number of aryl methyl sites for hydroxylation is 1. The number of nitrogens with two attached hydrogens (primary N) is 1. The molecule has 0 aliphatic heterocycles. The van der Waals surface area contributed by atoms with E-state index < -0.39 is 23.7 Å². The molecule has 0 aliphatic carbocycles. The lowest BCUT2D eigenvalue weighted by atomic mass is 10.1. The summed E-state index contributed by atoms with van der Waals surface area (Å²) in [5.74, 6) is -0.268. The Balaban J connectivity index is 2.51. The molecule has 25 heavy (non-hydrogen) atoms. The normalized spacial score (nSPS) is 13.2. The largest absolute Gasteiger partial charge is 0.419 e. The zero-order valence-corrected chi connectivity index (χ0v) is 14.1. The Kier molecular flexibility index (Phi) is 5.52. The van der Waals surface area contributed by atoms with Crippen LogP contribution in [0.15, 0.2) is 31.1 Å². The quantitative estimate of drug-likeness (QED) is 0.774. The predicted octanol–water partition coefficient (Wildman–Crippen LogP) is 3.81. The van der Waals surface area contributed by atoms with Crippen LogP contribution in [0.1, 0.15) is 37.8 Å². The van der Waals surface area contributed by atoms with Crippen molar-refractivity contribution in [3.63, 3.8) is 0 Å². The minimum absolute atomic E-state index is 0.0898. The SMILES string of the molecule is C=CCCn1cc(-c2cnc(N)c(C(F)(F)F)c2)nc1C(O)C(C)C. The molecule has 0 amide bonds. The first kappa shape index (κ1) is 19.0. The number of pyridine rings is 1. The molecule has 0 bridgehead atoms. The molecule has 1 atom stereocenters. The van der Waals surface area contributed by atoms with Gasteiger partial charge in [-0.15, -0.1) is 6.58 Å². The second-order valence-corrected chi connectivity index (χ2v) is 6.10. The average molecular weight is 354 g/mol. The van der Waals surface area contributed by atoms with Crippen LogP contribution in [0.5, 0.6) is 0 Å². The van der Waals surface area contributed by atoms with Crippen LogP contribution in [0.3, 0.4) is 0 Å². The number of aromatic nitrogens is 3. The number of alkyl halides is 3. The van der Waals surface area contributed by atoms with Crippen molar-refractivity contribution in [2.45, 2.75) is 39.1 Å². The molecule has 0 fully saturated rings. The summed E-state index contributed by atoms with van der Waals surface area (Å²) in [7, 11) is 0. The van der Waals surface area contributed by atoms with Gasteiger partial charge in [-0.05, 0) is 18.4 Å². The Morgan fingerprint density at radius 1 is 1.40 bits per heavy atom. The predicted molar refractivity (Wildman–Crippen MR) is 89.5 cm³/mol. The molecular formula is C17H21F3N4O. The minimum atomic E-state index is -4.60. The Morgan fingerprint density at radius 3 is 2.64 bits per heavy atom. The first-order chi connectivity index (χ1) is 11.6. The fourth-order valence-corrected chi connectivity index (χ4v) is 2.36. The van der Waals surface area contributed by atoms with Gasteiger partial charge in [-0.3, -0.25) is 0 Å². The molecule has 0 saturated carbocycles. The molecule has 136 valence electrons. The number of hydrogen-bond donors (Lipinski definition) is 2. The molecule has 3 N–H and O–H groups in total. The van der Waals surface area contributed by atoms with Crippen LogP contribution in [0, 0.1) is 5.92 Å². The van der Waals surface area contributed by atoms with E-state index in [1.165, 1.54) is 6.20 Å². The van der Waals surface area contributed by atoms with Crippen LogP contribution in [0.2, 0.25) is 0 Å². The van der Waals surface area contributed by atoms with Gasteiger partial charge in [0.2, 0.25) is 0 Å². The van der Waals surface area contributed by atoms with E-state index >= 15 is 0 Å². The van der Waals surface area contributed by atoms with Gasteiger partial charge in [0.05, 0.1) is 11.3 Å². The van der Waals surface area contributed by atoms with E-state index in [0.717, 1.165) is 6.07 Å². The molecule has 2 heterocycles. The van der Waals surface area contributed by atoms with Gasteiger partial charge in [-0.2, -0.15) is 13.2 Å². The Hall–Kier alpha value is -2.35. The first-order valence-corrected chi connectivity index (χ1v) is 7.84. The summed E-state index contributed by atoms with van der Waals surface area (Å²) in [5.41, 5.74) is 4.82. The maximum Gasteiger partial charge on any atom is 0.419 e. The molecule has 2 rings (SSSR count). The van der Waals surface area contributed by atoms with Crippen LogP contribution < -0.4 is 5.73 Å². The van der Waals surface area contributed by atoms with Gasteiger partial charge in [0.25, 0.3) is 0 Å². The lowest BCUT2D eigenvalue weighted by molar-refractivity contribution is -0.137. The molecule has 2 aromatic heterocycles. The van der Waals surface area contributed by atoms with Gasteiger partial charge >= 0.3 is 6.18 Å². The summed E-state index contributed by atoms with van der Waals surface area (Å²) in [5, 5.41) is 10.3. The third-order valence-electron chi connectivity index (χ3n) is 3.80. The van der Waals surface area contributed by atoms with Crippen LogP contribution >= 0.6 is 0 Å². The highest BCUT2D eigenvalue weighted by atomic mass is 19.4. The molecular weight excluding hydrogens is 333 g/mol. The third-order valence-corrected chi connectivity index (χ3v) is 3.80. The summed E-state index contributed by atoms with van der Waals surface area (Å²) in [4.78, 5) is 7.97. The zero-order valence-electron chi connectivity index (χ0n) is 14.1. The summed E-state index contributed by atoms with van der Waals surface area (Å²) >= 11 is 0. The molecule has 2 aromatic rings. The number of rotatable bonds is 6. The standard InChI is InChI=1S/C17H21F3N4O/c1-4-5-6-24-9-13(23-16(24)14(25)10(2)3)11-7-12(17(18,19)20)15(21)22-8-11/h4,7-10,14,25H,1,5-6H2,2-3H3,(H2,21,22). The number of aliphatic hydroxyl groups excluding tert-OH is 1. The number of imidazole rings is 1. The van der Waals surface area contributed by atoms with Crippen molar-refractivity contribution in [1.82, 2.24) is 14.5 Å². The highest BCUT2D eigenvalue weighted by molar-refractivity contribution is 5.62. The smallest absolute Gasteiger partial charge is 0.385 e. The van der Waals surface area contributed by atoms with E-state index in [1.54, 1.807) is 16.8 Å². The Bertz CT molecular complexity index is 753. The number of halogens is 3. The summed E-state index contributed by atoms with van der Waals surface area (Å²) in [6, 6.07) is 0.925. The Labute approximate surface area is 144 Å². The molecule has 8 heteroatoms. The van der Waals surface area contributed by atoms with Gasteiger partial charge in [-0.1, -0.05) is 19.9 Å². The van der Waals surface area contributed by atoms with E-state index in [2.05, 4.69) is 16.5 Å². The van der Waals surface area contributed by atoms with Crippen molar-refractivity contribution >= 4 is 5.82 Å².